The third-order valence-corrected chi connectivity index (χ3v) is 4.32. The summed E-state index contributed by atoms with van der Waals surface area (Å²) in [4.78, 5) is 0. The molecule has 1 aliphatic carbocycles. The molecular weight excluding hydrogens is 250 g/mol. The van der Waals surface area contributed by atoms with Crippen molar-refractivity contribution in [3.05, 3.63) is 29.8 Å². The molecule has 1 aromatic carbocycles. The minimum atomic E-state index is -0.301. The molecule has 0 bridgehead atoms. The molecule has 112 valence electrons. The zero-order valence-corrected chi connectivity index (χ0v) is 13.1. The fourth-order valence-electron chi connectivity index (χ4n) is 2.70. The van der Waals surface area contributed by atoms with E-state index in [1.165, 1.54) is 18.4 Å². The van der Waals surface area contributed by atoms with Gasteiger partial charge in [-0.3, -0.25) is 0 Å². The molecule has 1 fully saturated rings. The molecule has 0 amide bonds. The van der Waals surface area contributed by atoms with E-state index < -0.39 is 0 Å². The lowest BCUT2D eigenvalue weighted by atomic mass is 9.86. The van der Waals surface area contributed by atoms with Crippen LogP contribution in [0.5, 0.6) is 5.75 Å². The quantitative estimate of drug-likeness (QED) is 0.840. The van der Waals surface area contributed by atoms with Crippen molar-refractivity contribution in [2.24, 2.45) is 5.92 Å². The number of nitrogens with one attached hydrogen (secondary N) is 1. The Morgan fingerprint density at radius 2 is 1.90 bits per heavy atom. The number of hydrogen-bond acceptors (Lipinski definition) is 3. The predicted octanol–water partition coefficient (Wildman–Crippen LogP) is 2.72. The van der Waals surface area contributed by atoms with Crippen molar-refractivity contribution in [1.82, 2.24) is 5.32 Å². The van der Waals surface area contributed by atoms with Crippen LogP contribution in [0.1, 0.15) is 39.2 Å². The van der Waals surface area contributed by atoms with E-state index in [4.69, 9.17) is 4.74 Å². The maximum Gasteiger partial charge on any atom is 0.123 e. The molecule has 1 unspecified atom stereocenters. The summed E-state index contributed by atoms with van der Waals surface area (Å²) in [5, 5.41) is 13.0. The Hall–Kier alpha value is -1.06. The molecule has 0 spiro atoms. The van der Waals surface area contributed by atoms with Gasteiger partial charge in [0.25, 0.3) is 0 Å². The van der Waals surface area contributed by atoms with Gasteiger partial charge in [0.15, 0.2) is 0 Å². The Labute approximate surface area is 122 Å². The molecule has 3 heteroatoms. The SMILES string of the molecule is CNC(CO)(COc1ccccc1C(C)(C)C)C1CC1. The Morgan fingerprint density at radius 3 is 2.40 bits per heavy atom. The number of aliphatic hydroxyl groups is 1. The molecule has 0 saturated heterocycles. The second-order valence-corrected chi connectivity index (χ2v) is 6.87. The Bertz CT molecular complexity index is 443. The summed E-state index contributed by atoms with van der Waals surface area (Å²) < 4.78 is 6.09. The highest BCUT2D eigenvalue weighted by Crippen LogP contribution is 2.40. The second kappa shape index (κ2) is 5.74. The molecule has 2 rings (SSSR count). The lowest BCUT2D eigenvalue weighted by Crippen LogP contribution is -2.53. The van der Waals surface area contributed by atoms with Crippen LogP contribution in [0, 0.1) is 5.92 Å². The van der Waals surface area contributed by atoms with Crippen molar-refractivity contribution >= 4 is 0 Å². The second-order valence-electron chi connectivity index (χ2n) is 6.87. The van der Waals surface area contributed by atoms with Gasteiger partial charge in [0.05, 0.1) is 12.1 Å². The van der Waals surface area contributed by atoms with Crippen molar-refractivity contribution in [1.29, 1.82) is 0 Å². The van der Waals surface area contributed by atoms with E-state index in [-0.39, 0.29) is 17.6 Å². The van der Waals surface area contributed by atoms with Gasteiger partial charge in [-0.25, -0.2) is 0 Å². The van der Waals surface area contributed by atoms with Crippen LogP contribution < -0.4 is 10.1 Å². The molecule has 0 heterocycles. The number of hydrogen-bond donors (Lipinski definition) is 2. The first kappa shape index (κ1) is 15.3. The number of ether oxygens (including phenoxy) is 1. The summed E-state index contributed by atoms with van der Waals surface area (Å²) in [6.45, 7) is 7.19. The molecule has 1 saturated carbocycles. The molecule has 3 nitrogen and oxygen atoms in total. The number of benzene rings is 1. The van der Waals surface area contributed by atoms with Gasteiger partial charge in [0, 0.05) is 0 Å². The van der Waals surface area contributed by atoms with Crippen LogP contribution in [0.3, 0.4) is 0 Å². The van der Waals surface area contributed by atoms with E-state index in [1.807, 2.05) is 25.2 Å². The fourth-order valence-corrected chi connectivity index (χ4v) is 2.70. The van der Waals surface area contributed by atoms with Crippen LogP contribution >= 0.6 is 0 Å². The highest BCUT2D eigenvalue weighted by atomic mass is 16.5. The third kappa shape index (κ3) is 3.15. The van der Waals surface area contributed by atoms with E-state index in [1.54, 1.807) is 0 Å². The van der Waals surface area contributed by atoms with Gasteiger partial charge in [-0.05, 0) is 42.9 Å². The highest BCUT2D eigenvalue weighted by Gasteiger charge is 2.44. The summed E-state index contributed by atoms with van der Waals surface area (Å²) in [5.74, 6) is 1.45. The van der Waals surface area contributed by atoms with E-state index in [0.29, 0.717) is 12.5 Å². The van der Waals surface area contributed by atoms with E-state index in [9.17, 15) is 5.11 Å². The lowest BCUT2D eigenvalue weighted by Gasteiger charge is -2.32. The van der Waals surface area contributed by atoms with Gasteiger partial charge in [-0.1, -0.05) is 39.0 Å². The maximum absolute atomic E-state index is 9.75. The Kier molecular flexibility index (Phi) is 4.40. The molecular formula is C17H27NO2. The lowest BCUT2D eigenvalue weighted by molar-refractivity contribution is 0.0906. The van der Waals surface area contributed by atoms with Crippen molar-refractivity contribution in [2.75, 3.05) is 20.3 Å². The van der Waals surface area contributed by atoms with E-state index in [0.717, 1.165) is 5.75 Å². The zero-order chi connectivity index (χ0) is 14.8. The van der Waals surface area contributed by atoms with E-state index >= 15 is 0 Å². The van der Waals surface area contributed by atoms with Gasteiger partial charge in [0.1, 0.15) is 12.4 Å². The van der Waals surface area contributed by atoms with E-state index in [2.05, 4.69) is 32.2 Å². The average molecular weight is 277 g/mol. The van der Waals surface area contributed by atoms with Crippen LogP contribution in [0.2, 0.25) is 0 Å². The van der Waals surface area contributed by atoms with Crippen LogP contribution in [0.15, 0.2) is 24.3 Å². The molecule has 1 aromatic rings. The van der Waals surface area contributed by atoms with Crippen molar-refractivity contribution in [2.45, 2.75) is 44.6 Å². The first-order valence-corrected chi connectivity index (χ1v) is 7.45. The van der Waals surface area contributed by atoms with Crippen molar-refractivity contribution < 1.29 is 9.84 Å². The van der Waals surface area contributed by atoms with Crippen LogP contribution in [0.4, 0.5) is 0 Å². The number of aliphatic hydroxyl groups excluding tert-OH is 1. The average Bonchev–Trinajstić information content (AvgIpc) is 3.25. The molecule has 0 aromatic heterocycles. The molecule has 0 aliphatic heterocycles. The molecule has 1 aliphatic rings. The zero-order valence-electron chi connectivity index (χ0n) is 13.1. The fraction of sp³-hybridized carbons (Fsp3) is 0.647. The van der Waals surface area contributed by atoms with Crippen LogP contribution in [0.25, 0.3) is 0 Å². The first-order chi connectivity index (χ1) is 9.43. The summed E-state index contributed by atoms with van der Waals surface area (Å²) in [7, 11) is 1.91. The highest BCUT2D eigenvalue weighted by molar-refractivity contribution is 5.38. The van der Waals surface area contributed by atoms with Gasteiger partial charge < -0.3 is 15.2 Å². The predicted molar refractivity (Wildman–Crippen MR) is 82.2 cm³/mol. The minimum Gasteiger partial charge on any atom is -0.491 e. The standard InChI is InChI=1S/C17H27NO2/c1-16(2,3)14-7-5-6-8-15(14)20-12-17(11-19,18-4)13-9-10-13/h5-8,13,18-19H,9-12H2,1-4H3. The minimum absolute atomic E-state index is 0.0533. The molecule has 0 radical (unpaired) electrons. The van der Waals surface area contributed by atoms with Gasteiger partial charge >= 0.3 is 0 Å². The first-order valence-electron chi connectivity index (χ1n) is 7.45. The topological polar surface area (TPSA) is 41.5 Å². The normalized spacial score (nSPS) is 18.6. The third-order valence-electron chi connectivity index (χ3n) is 4.32. The summed E-state index contributed by atoms with van der Waals surface area (Å²) in [6.07, 6.45) is 2.34. The summed E-state index contributed by atoms with van der Waals surface area (Å²) in [6, 6.07) is 8.19. The van der Waals surface area contributed by atoms with Crippen LogP contribution in [-0.2, 0) is 5.41 Å². The van der Waals surface area contributed by atoms with Gasteiger partial charge in [-0.2, -0.15) is 0 Å². The number of likely N-dealkylation sites (N-methyl/N-ethyl adjacent to an activating group) is 1. The largest absolute Gasteiger partial charge is 0.491 e. The Balaban J connectivity index is 2.14. The van der Waals surface area contributed by atoms with Gasteiger partial charge in [0.2, 0.25) is 0 Å². The van der Waals surface area contributed by atoms with Crippen LogP contribution in [-0.4, -0.2) is 30.9 Å². The summed E-state index contributed by atoms with van der Waals surface area (Å²) >= 11 is 0. The summed E-state index contributed by atoms with van der Waals surface area (Å²) in [5.41, 5.74) is 0.960. The number of para-hydroxylation sites is 1. The number of rotatable bonds is 6. The van der Waals surface area contributed by atoms with Crippen molar-refractivity contribution in [3.63, 3.8) is 0 Å². The van der Waals surface area contributed by atoms with Crippen molar-refractivity contribution in [3.8, 4) is 5.75 Å². The maximum atomic E-state index is 9.75. The monoisotopic (exact) mass is 277 g/mol. The molecule has 2 N–H and O–H groups in total. The molecule has 20 heavy (non-hydrogen) atoms. The van der Waals surface area contributed by atoms with Gasteiger partial charge in [-0.15, -0.1) is 0 Å². The molecule has 1 atom stereocenters. The smallest absolute Gasteiger partial charge is 0.123 e. The Morgan fingerprint density at radius 1 is 1.25 bits per heavy atom.